The third kappa shape index (κ3) is 3.48. The Kier molecular flexibility index (Phi) is 5.04. The van der Waals surface area contributed by atoms with E-state index in [-0.39, 0.29) is 11.4 Å². The second kappa shape index (κ2) is 7.35. The van der Waals surface area contributed by atoms with E-state index in [0.29, 0.717) is 13.0 Å². The molecule has 0 unspecified atom stereocenters. The SMILES string of the molecule is Cc1cc(CN2CCC[C@]3(CCC(=O)N3Cc3c(C)noc3C)CC2)n(C)n1. The number of hydrogen-bond acceptors (Lipinski definition) is 5. The summed E-state index contributed by atoms with van der Waals surface area (Å²) >= 11 is 0. The van der Waals surface area contributed by atoms with E-state index in [1.807, 2.05) is 32.5 Å². The Labute approximate surface area is 166 Å². The van der Waals surface area contributed by atoms with Crippen molar-refractivity contribution in [3.8, 4) is 0 Å². The van der Waals surface area contributed by atoms with Crippen molar-refractivity contribution in [2.24, 2.45) is 7.05 Å². The van der Waals surface area contributed by atoms with Crippen LogP contribution in [0, 0.1) is 20.8 Å². The Morgan fingerprint density at radius 1 is 1.14 bits per heavy atom. The van der Waals surface area contributed by atoms with E-state index in [1.54, 1.807) is 0 Å². The van der Waals surface area contributed by atoms with E-state index in [1.165, 1.54) is 5.69 Å². The molecule has 152 valence electrons. The topological polar surface area (TPSA) is 67.4 Å². The second-order valence-corrected chi connectivity index (χ2v) is 8.54. The van der Waals surface area contributed by atoms with Gasteiger partial charge in [0.05, 0.1) is 23.6 Å². The van der Waals surface area contributed by atoms with E-state index in [2.05, 4.69) is 26.1 Å². The van der Waals surface area contributed by atoms with Crippen molar-refractivity contribution < 1.29 is 9.32 Å². The lowest BCUT2D eigenvalue weighted by atomic mass is 9.87. The zero-order valence-corrected chi connectivity index (χ0v) is 17.5. The minimum Gasteiger partial charge on any atom is -0.361 e. The van der Waals surface area contributed by atoms with Gasteiger partial charge in [-0.1, -0.05) is 5.16 Å². The summed E-state index contributed by atoms with van der Waals surface area (Å²) in [5.74, 6) is 1.10. The van der Waals surface area contributed by atoms with E-state index in [4.69, 9.17) is 4.52 Å². The molecule has 2 aliphatic heterocycles. The smallest absolute Gasteiger partial charge is 0.223 e. The lowest BCUT2D eigenvalue weighted by Crippen LogP contribution is -2.46. The van der Waals surface area contributed by atoms with Gasteiger partial charge in [-0.25, -0.2) is 0 Å². The van der Waals surface area contributed by atoms with Crippen LogP contribution in [-0.2, 0) is 24.9 Å². The van der Waals surface area contributed by atoms with Crippen LogP contribution < -0.4 is 0 Å². The zero-order valence-electron chi connectivity index (χ0n) is 17.5. The monoisotopic (exact) mass is 385 g/mol. The van der Waals surface area contributed by atoms with Crippen molar-refractivity contribution in [1.82, 2.24) is 24.7 Å². The molecule has 1 atom stereocenters. The summed E-state index contributed by atoms with van der Waals surface area (Å²) in [6.07, 6.45) is 4.84. The third-order valence-corrected chi connectivity index (χ3v) is 6.67. The highest BCUT2D eigenvalue weighted by Gasteiger charge is 2.46. The fraction of sp³-hybridized carbons (Fsp3) is 0.667. The highest BCUT2D eigenvalue weighted by Crippen LogP contribution is 2.40. The van der Waals surface area contributed by atoms with Gasteiger partial charge in [0.15, 0.2) is 0 Å². The average Bonchev–Trinajstić information content (AvgIpc) is 3.18. The van der Waals surface area contributed by atoms with Gasteiger partial charge in [0.25, 0.3) is 0 Å². The van der Waals surface area contributed by atoms with Crippen molar-refractivity contribution in [2.45, 2.75) is 71.5 Å². The number of carbonyl (C=O) groups excluding carboxylic acids is 1. The lowest BCUT2D eigenvalue weighted by molar-refractivity contribution is -0.132. The molecule has 7 heteroatoms. The molecule has 2 aromatic rings. The van der Waals surface area contributed by atoms with Crippen molar-refractivity contribution >= 4 is 5.91 Å². The summed E-state index contributed by atoms with van der Waals surface area (Å²) in [5.41, 5.74) is 4.26. The molecule has 1 spiro atoms. The first-order valence-electron chi connectivity index (χ1n) is 10.3. The van der Waals surface area contributed by atoms with Crippen LogP contribution in [0.1, 0.15) is 60.5 Å². The number of aromatic nitrogens is 3. The van der Waals surface area contributed by atoms with Crippen molar-refractivity contribution in [1.29, 1.82) is 0 Å². The van der Waals surface area contributed by atoms with E-state index < -0.39 is 0 Å². The summed E-state index contributed by atoms with van der Waals surface area (Å²) in [4.78, 5) is 17.4. The molecule has 2 saturated heterocycles. The fourth-order valence-electron chi connectivity index (χ4n) is 4.97. The lowest BCUT2D eigenvalue weighted by Gasteiger charge is -2.38. The Balaban J connectivity index is 1.49. The summed E-state index contributed by atoms with van der Waals surface area (Å²) in [7, 11) is 2.02. The van der Waals surface area contributed by atoms with Crippen molar-refractivity contribution in [3.63, 3.8) is 0 Å². The molecule has 2 aliphatic rings. The molecule has 4 heterocycles. The molecular weight excluding hydrogens is 354 g/mol. The number of likely N-dealkylation sites (tertiary alicyclic amines) is 2. The van der Waals surface area contributed by atoms with Gasteiger partial charge in [-0.05, 0) is 59.1 Å². The maximum Gasteiger partial charge on any atom is 0.223 e. The Morgan fingerprint density at radius 2 is 1.96 bits per heavy atom. The molecule has 0 saturated carbocycles. The Hall–Kier alpha value is -2.15. The van der Waals surface area contributed by atoms with Crippen LogP contribution in [0.25, 0.3) is 0 Å². The first kappa shape index (κ1) is 19.2. The molecule has 0 aromatic carbocycles. The van der Waals surface area contributed by atoms with E-state index in [9.17, 15) is 4.79 Å². The predicted molar refractivity (Wildman–Crippen MR) is 106 cm³/mol. The molecule has 28 heavy (non-hydrogen) atoms. The molecule has 0 radical (unpaired) electrons. The largest absolute Gasteiger partial charge is 0.361 e. The number of amides is 1. The minimum atomic E-state index is -0.0235. The number of rotatable bonds is 4. The average molecular weight is 386 g/mol. The summed E-state index contributed by atoms with van der Waals surface area (Å²) in [6, 6.07) is 2.17. The van der Waals surface area contributed by atoms with Crippen LogP contribution in [0.3, 0.4) is 0 Å². The molecule has 2 aromatic heterocycles. The van der Waals surface area contributed by atoms with Gasteiger partial charge in [0.2, 0.25) is 5.91 Å². The van der Waals surface area contributed by atoms with Gasteiger partial charge < -0.3 is 9.42 Å². The Bertz CT molecular complexity index is 851. The highest BCUT2D eigenvalue weighted by molar-refractivity contribution is 5.79. The molecule has 0 N–H and O–H groups in total. The summed E-state index contributed by atoms with van der Waals surface area (Å²) in [5, 5.41) is 8.55. The normalized spacial score (nSPS) is 23.7. The first-order valence-corrected chi connectivity index (χ1v) is 10.3. The van der Waals surface area contributed by atoms with E-state index in [0.717, 1.165) is 68.0 Å². The number of aryl methyl sites for hydroxylation is 4. The van der Waals surface area contributed by atoms with Crippen LogP contribution in [0.15, 0.2) is 10.6 Å². The fourth-order valence-corrected chi connectivity index (χ4v) is 4.97. The highest BCUT2D eigenvalue weighted by atomic mass is 16.5. The van der Waals surface area contributed by atoms with Crippen LogP contribution in [0.4, 0.5) is 0 Å². The molecule has 0 bridgehead atoms. The van der Waals surface area contributed by atoms with Crippen LogP contribution in [0.5, 0.6) is 0 Å². The van der Waals surface area contributed by atoms with Crippen LogP contribution in [0.2, 0.25) is 0 Å². The van der Waals surface area contributed by atoms with Gasteiger partial charge >= 0.3 is 0 Å². The van der Waals surface area contributed by atoms with Crippen LogP contribution in [-0.4, -0.2) is 49.3 Å². The predicted octanol–water partition coefficient (Wildman–Crippen LogP) is 2.88. The third-order valence-electron chi connectivity index (χ3n) is 6.67. The number of nitrogens with zero attached hydrogens (tertiary/aromatic N) is 5. The molecule has 7 nitrogen and oxygen atoms in total. The standard InChI is InChI=1S/C21H31N5O2/c1-15-12-18(24(4)22-15)13-25-10-5-7-21(9-11-25)8-6-20(27)26(21)14-19-16(2)23-28-17(19)3/h12H,5-11,13-14H2,1-4H3/t21-/m0/s1. The van der Waals surface area contributed by atoms with Gasteiger partial charge in [0.1, 0.15) is 5.76 Å². The summed E-state index contributed by atoms with van der Waals surface area (Å²) < 4.78 is 7.32. The van der Waals surface area contributed by atoms with Gasteiger partial charge in [-0.3, -0.25) is 14.4 Å². The molecular formula is C21H31N5O2. The van der Waals surface area contributed by atoms with Gasteiger partial charge in [-0.15, -0.1) is 0 Å². The molecule has 0 aliphatic carbocycles. The maximum atomic E-state index is 12.8. The van der Waals surface area contributed by atoms with Gasteiger partial charge in [-0.2, -0.15) is 5.10 Å². The molecule has 4 rings (SSSR count). The maximum absolute atomic E-state index is 12.8. The van der Waals surface area contributed by atoms with Crippen molar-refractivity contribution in [2.75, 3.05) is 13.1 Å². The molecule has 2 fully saturated rings. The van der Waals surface area contributed by atoms with Crippen molar-refractivity contribution in [3.05, 3.63) is 34.5 Å². The van der Waals surface area contributed by atoms with Gasteiger partial charge in [0, 0.05) is 37.7 Å². The number of hydrogen-bond donors (Lipinski definition) is 0. The summed E-state index contributed by atoms with van der Waals surface area (Å²) in [6.45, 7) is 9.57. The van der Waals surface area contributed by atoms with Crippen LogP contribution >= 0.6 is 0 Å². The minimum absolute atomic E-state index is 0.0235. The Morgan fingerprint density at radius 3 is 2.64 bits per heavy atom. The second-order valence-electron chi connectivity index (χ2n) is 8.54. The first-order chi connectivity index (χ1) is 13.4. The van der Waals surface area contributed by atoms with E-state index >= 15 is 0 Å². The number of carbonyl (C=O) groups is 1. The quantitative estimate of drug-likeness (QED) is 0.810. The molecule has 1 amide bonds. The zero-order chi connectivity index (χ0) is 19.9.